The molecule has 0 N–H and O–H groups in total. The molecular formula is C10H8F12. The molecule has 0 aliphatic carbocycles. The fourth-order valence-corrected chi connectivity index (χ4v) is 1.78. The van der Waals surface area contributed by atoms with E-state index >= 15 is 0 Å². The number of rotatable bonds is 3. The van der Waals surface area contributed by atoms with Crippen molar-refractivity contribution >= 4 is 0 Å². The lowest BCUT2D eigenvalue weighted by Crippen LogP contribution is -2.66. The van der Waals surface area contributed by atoms with Crippen molar-refractivity contribution in [3.05, 3.63) is 12.2 Å². The van der Waals surface area contributed by atoms with Crippen LogP contribution in [0.1, 0.15) is 13.3 Å². The Hall–Kier alpha value is -1.10. The lowest BCUT2D eigenvalue weighted by Gasteiger charge is -2.43. The van der Waals surface area contributed by atoms with Crippen LogP contribution in [0.5, 0.6) is 0 Å². The SMILES string of the molecule is CCC=CC(C(F)(F)F)C(C(F)(F)F)(C(F)(F)F)C(F)(F)F. The van der Waals surface area contributed by atoms with Gasteiger partial charge in [0.25, 0.3) is 5.41 Å². The molecule has 1 unspecified atom stereocenters. The van der Waals surface area contributed by atoms with Crippen molar-refractivity contribution in [3.63, 3.8) is 0 Å². The summed E-state index contributed by atoms with van der Waals surface area (Å²) in [5.74, 6) is -4.85. The summed E-state index contributed by atoms with van der Waals surface area (Å²) in [4.78, 5) is 0. The maximum absolute atomic E-state index is 12.6. The molecule has 0 bridgehead atoms. The Morgan fingerprint density at radius 2 is 1.00 bits per heavy atom. The van der Waals surface area contributed by atoms with Gasteiger partial charge in [-0.3, -0.25) is 0 Å². The molecule has 132 valence electrons. The van der Waals surface area contributed by atoms with Gasteiger partial charge in [0.2, 0.25) is 0 Å². The number of allylic oxidation sites excluding steroid dienone is 2. The molecule has 0 spiro atoms. The van der Waals surface area contributed by atoms with Gasteiger partial charge in [0.1, 0.15) is 5.92 Å². The molecule has 0 saturated carbocycles. The number of hydrogen-bond acceptors (Lipinski definition) is 0. The van der Waals surface area contributed by atoms with Gasteiger partial charge in [0.05, 0.1) is 0 Å². The van der Waals surface area contributed by atoms with Gasteiger partial charge in [-0.1, -0.05) is 19.1 Å². The van der Waals surface area contributed by atoms with Crippen molar-refractivity contribution in [2.45, 2.75) is 38.0 Å². The van der Waals surface area contributed by atoms with E-state index in [0.717, 1.165) is 6.92 Å². The first-order chi connectivity index (χ1) is 9.44. The molecule has 0 aliphatic heterocycles. The van der Waals surface area contributed by atoms with Crippen molar-refractivity contribution in [3.8, 4) is 0 Å². The van der Waals surface area contributed by atoms with Gasteiger partial charge in [-0.2, -0.15) is 52.7 Å². The van der Waals surface area contributed by atoms with Crippen LogP contribution in [0.15, 0.2) is 12.2 Å². The van der Waals surface area contributed by atoms with Crippen LogP contribution in [0.3, 0.4) is 0 Å². The second-order valence-electron chi connectivity index (χ2n) is 4.16. The van der Waals surface area contributed by atoms with Crippen LogP contribution in [-0.4, -0.2) is 24.7 Å². The van der Waals surface area contributed by atoms with Crippen LogP contribution in [0.4, 0.5) is 52.7 Å². The normalized spacial score (nSPS) is 17.1. The third-order valence-electron chi connectivity index (χ3n) is 2.72. The van der Waals surface area contributed by atoms with Crippen LogP contribution in [0, 0.1) is 11.3 Å². The fraction of sp³-hybridized carbons (Fsp3) is 0.800. The molecule has 0 rings (SSSR count). The molecule has 22 heavy (non-hydrogen) atoms. The lowest BCUT2D eigenvalue weighted by molar-refractivity contribution is -0.457. The Balaban J connectivity index is 6.80. The minimum Gasteiger partial charge on any atom is -0.170 e. The highest BCUT2D eigenvalue weighted by Crippen LogP contribution is 2.66. The van der Waals surface area contributed by atoms with E-state index in [-0.39, 0.29) is 6.08 Å². The molecule has 0 aromatic rings. The zero-order valence-corrected chi connectivity index (χ0v) is 10.5. The van der Waals surface area contributed by atoms with Gasteiger partial charge >= 0.3 is 24.7 Å². The minimum atomic E-state index is -7.26. The standard InChI is InChI=1S/C10H8F12/c1-2-3-4-5(7(11,12)13)6(8(14,15)16,9(17,18)19)10(20,21)22/h3-5H,2H2,1H3. The van der Waals surface area contributed by atoms with Crippen molar-refractivity contribution < 1.29 is 52.7 Å². The van der Waals surface area contributed by atoms with Crippen molar-refractivity contribution in [1.29, 1.82) is 0 Å². The summed E-state index contributed by atoms with van der Waals surface area (Å²) in [6.07, 6.45) is -29.3. The topological polar surface area (TPSA) is 0 Å². The van der Waals surface area contributed by atoms with Gasteiger partial charge < -0.3 is 0 Å². The van der Waals surface area contributed by atoms with Crippen LogP contribution >= 0.6 is 0 Å². The second-order valence-corrected chi connectivity index (χ2v) is 4.16. The molecule has 0 fully saturated rings. The second kappa shape index (κ2) is 5.84. The Kier molecular flexibility index (Phi) is 5.54. The predicted molar refractivity (Wildman–Crippen MR) is 49.6 cm³/mol. The molecule has 0 nitrogen and oxygen atoms in total. The van der Waals surface area contributed by atoms with Crippen molar-refractivity contribution in [1.82, 2.24) is 0 Å². The number of alkyl halides is 12. The van der Waals surface area contributed by atoms with E-state index in [1.165, 1.54) is 0 Å². The van der Waals surface area contributed by atoms with E-state index in [1.54, 1.807) is 0 Å². The van der Waals surface area contributed by atoms with Gasteiger partial charge in [-0.15, -0.1) is 0 Å². The summed E-state index contributed by atoms with van der Waals surface area (Å²) in [5.41, 5.74) is -6.95. The van der Waals surface area contributed by atoms with E-state index < -0.39 is 48.5 Å². The molecule has 0 aromatic carbocycles. The largest absolute Gasteiger partial charge is 0.413 e. The molecule has 0 amide bonds. The number of halogens is 12. The first kappa shape index (κ1) is 20.9. The van der Waals surface area contributed by atoms with Crippen molar-refractivity contribution in [2.24, 2.45) is 11.3 Å². The van der Waals surface area contributed by atoms with E-state index in [2.05, 4.69) is 0 Å². The summed E-state index contributed by atoms with van der Waals surface area (Å²) in [5, 5.41) is 0. The third kappa shape index (κ3) is 3.45. The first-order valence-corrected chi connectivity index (χ1v) is 5.38. The van der Waals surface area contributed by atoms with Gasteiger partial charge in [0, 0.05) is 0 Å². The average molecular weight is 356 g/mol. The fourth-order valence-electron chi connectivity index (χ4n) is 1.78. The van der Waals surface area contributed by atoms with Crippen LogP contribution in [-0.2, 0) is 0 Å². The Labute approximate surface area is 115 Å². The molecular weight excluding hydrogens is 348 g/mol. The van der Waals surface area contributed by atoms with Crippen LogP contribution in [0.25, 0.3) is 0 Å². The Morgan fingerprint density at radius 1 is 0.682 bits per heavy atom. The van der Waals surface area contributed by atoms with Crippen molar-refractivity contribution in [2.75, 3.05) is 0 Å². The average Bonchev–Trinajstić information content (AvgIpc) is 2.15. The third-order valence-corrected chi connectivity index (χ3v) is 2.72. The summed E-state index contributed by atoms with van der Waals surface area (Å²) in [6, 6.07) is 0. The van der Waals surface area contributed by atoms with Crippen LogP contribution < -0.4 is 0 Å². The monoisotopic (exact) mass is 356 g/mol. The highest BCUT2D eigenvalue weighted by Gasteiger charge is 2.88. The minimum absolute atomic E-state index is 0.163. The maximum atomic E-state index is 12.6. The summed E-state index contributed by atoms with van der Waals surface area (Å²) >= 11 is 0. The maximum Gasteiger partial charge on any atom is 0.413 e. The predicted octanol–water partition coefficient (Wildman–Crippen LogP) is 5.80. The summed E-state index contributed by atoms with van der Waals surface area (Å²) in [7, 11) is 0. The quantitative estimate of drug-likeness (QED) is 0.443. The van der Waals surface area contributed by atoms with Gasteiger partial charge in [-0.05, 0) is 6.42 Å². The molecule has 0 saturated heterocycles. The molecule has 1 atom stereocenters. The molecule has 12 heteroatoms. The van der Waals surface area contributed by atoms with Gasteiger partial charge in [-0.25, -0.2) is 0 Å². The van der Waals surface area contributed by atoms with E-state index in [9.17, 15) is 52.7 Å². The van der Waals surface area contributed by atoms with E-state index in [1.807, 2.05) is 0 Å². The first-order valence-electron chi connectivity index (χ1n) is 5.38. The lowest BCUT2D eigenvalue weighted by atomic mass is 9.72. The molecule has 0 heterocycles. The zero-order valence-electron chi connectivity index (χ0n) is 10.5. The Bertz CT molecular complexity index is 354. The van der Waals surface area contributed by atoms with Crippen LogP contribution in [0.2, 0.25) is 0 Å². The highest BCUT2D eigenvalue weighted by molar-refractivity contribution is 5.12. The van der Waals surface area contributed by atoms with E-state index in [4.69, 9.17) is 0 Å². The smallest absolute Gasteiger partial charge is 0.170 e. The molecule has 0 aliphatic rings. The zero-order chi connectivity index (χ0) is 18.2. The Morgan fingerprint density at radius 3 is 1.18 bits per heavy atom. The molecule has 0 aromatic heterocycles. The van der Waals surface area contributed by atoms with Gasteiger partial charge in [0.15, 0.2) is 0 Å². The van der Waals surface area contributed by atoms with E-state index in [0.29, 0.717) is 0 Å². The summed E-state index contributed by atoms with van der Waals surface area (Å²) in [6.45, 7) is 1.03. The highest BCUT2D eigenvalue weighted by atomic mass is 19.4. The number of hydrogen-bond donors (Lipinski definition) is 0. The molecule has 0 radical (unpaired) electrons. The summed E-state index contributed by atoms with van der Waals surface area (Å²) < 4.78 is 151.